The molecule has 0 aromatic heterocycles. The van der Waals surface area contributed by atoms with Crippen LogP contribution in [0.3, 0.4) is 0 Å². The van der Waals surface area contributed by atoms with E-state index in [0.717, 1.165) is 49.4 Å². The summed E-state index contributed by atoms with van der Waals surface area (Å²) in [6.45, 7) is 13.7. The molecule has 182 valence electrons. The average molecular weight is 445 g/mol. The van der Waals surface area contributed by atoms with Gasteiger partial charge in [-0.1, -0.05) is 53.9 Å². The van der Waals surface area contributed by atoms with Gasteiger partial charge in [-0.25, -0.2) is 0 Å². The number of esters is 1. The summed E-state index contributed by atoms with van der Waals surface area (Å²) >= 11 is 0. The van der Waals surface area contributed by atoms with E-state index in [1.807, 2.05) is 0 Å². The van der Waals surface area contributed by atoms with Crippen LogP contribution in [0.4, 0.5) is 0 Å². The molecule has 0 spiro atoms. The van der Waals surface area contributed by atoms with Gasteiger partial charge in [0.15, 0.2) is 0 Å². The van der Waals surface area contributed by atoms with Crippen LogP contribution in [-0.2, 0) is 14.3 Å². The smallest absolute Gasteiger partial charge is 0.302 e. The van der Waals surface area contributed by atoms with Crippen LogP contribution < -0.4 is 0 Å². The fourth-order valence-electron chi connectivity index (χ4n) is 9.37. The molecule has 4 aliphatic rings. The number of hydrogen-bond acceptors (Lipinski definition) is 3. The minimum Gasteiger partial charge on any atom is -0.463 e. The van der Waals surface area contributed by atoms with Crippen molar-refractivity contribution in [2.75, 3.05) is 0 Å². The molecule has 3 nitrogen and oxygen atoms in total. The third kappa shape index (κ3) is 4.20. The third-order valence-corrected chi connectivity index (χ3v) is 10.9. The lowest BCUT2D eigenvalue weighted by atomic mass is 9.44. The molecule has 0 aromatic rings. The molecule has 0 aromatic carbocycles. The Labute approximate surface area is 196 Å². The highest BCUT2D eigenvalue weighted by atomic mass is 16.5. The van der Waals surface area contributed by atoms with Crippen LogP contribution in [0, 0.1) is 52.3 Å². The minimum atomic E-state index is -0.201. The zero-order chi connectivity index (χ0) is 23.3. The minimum absolute atomic E-state index is 0.0533. The summed E-state index contributed by atoms with van der Waals surface area (Å²) in [5.41, 5.74) is 0.537. The lowest BCUT2D eigenvalue weighted by Gasteiger charge is -2.60. The molecule has 0 N–H and O–H groups in total. The summed E-state index contributed by atoms with van der Waals surface area (Å²) in [6, 6.07) is 0. The molecule has 0 saturated heterocycles. The normalized spacial score (nSPS) is 44.5. The van der Waals surface area contributed by atoms with Crippen molar-refractivity contribution < 1.29 is 14.3 Å². The highest BCUT2D eigenvalue weighted by Crippen LogP contribution is 2.68. The predicted molar refractivity (Wildman–Crippen MR) is 129 cm³/mol. The lowest BCUT2D eigenvalue weighted by Crippen LogP contribution is -2.57. The number of ether oxygens (including phenoxy) is 1. The first kappa shape index (κ1) is 24.3. The van der Waals surface area contributed by atoms with Crippen molar-refractivity contribution in [3.05, 3.63) is 0 Å². The van der Waals surface area contributed by atoms with Gasteiger partial charge in [0.05, 0.1) is 0 Å². The van der Waals surface area contributed by atoms with Crippen LogP contribution in [0.1, 0.15) is 112 Å². The average Bonchev–Trinajstić information content (AvgIpc) is 3.06. The maximum atomic E-state index is 13.5. The molecule has 0 bridgehead atoms. The quantitative estimate of drug-likeness (QED) is 0.406. The molecule has 4 rings (SSSR count). The van der Waals surface area contributed by atoms with Crippen molar-refractivity contribution >= 4 is 11.8 Å². The van der Waals surface area contributed by atoms with E-state index in [9.17, 15) is 9.59 Å². The van der Waals surface area contributed by atoms with Crippen molar-refractivity contribution in [3.8, 4) is 0 Å². The van der Waals surface area contributed by atoms with Crippen molar-refractivity contribution in [1.82, 2.24) is 0 Å². The third-order valence-electron chi connectivity index (χ3n) is 10.9. The molecule has 0 amide bonds. The number of fused-ring (bicyclic) bond motifs is 5. The first-order valence-corrected chi connectivity index (χ1v) is 13.8. The van der Waals surface area contributed by atoms with Gasteiger partial charge < -0.3 is 4.74 Å². The summed E-state index contributed by atoms with van der Waals surface area (Å²) < 4.78 is 5.55. The zero-order valence-electron chi connectivity index (χ0n) is 21.6. The van der Waals surface area contributed by atoms with E-state index in [0.29, 0.717) is 23.0 Å². The van der Waals surface area contributed by atoms with Gasteiger partial charge in [0.1, 0.15) is 11.9 Å². The van der Waals surface area contributed by atoms with Gasteiger partial charge >= 0.3 is 5.97 Å². The molecule has 32 heavy (non-hydrogen) atoms. The standard InChI is InChI=1S/C29H48O3/c1-18(2)8-7-9-19(3)23-10-11-24-22-17-27(31)26-16-21(32-20(4)30)12-14-29(26,6)25(22)13-15-28(23,24)5/h18-19,21-26H,7-17H2,1-6H3/t19-,21-,22+,23-,24+,25+,26+,28+,29+/m0/s1. The van der Waals surface area contributed by atoms with Crippen molar-refractivity contribution in [3.63, 3.8) is 0 Å². The van der Waals surface area contributed by atoms with E-state index in [2.05, 4.69) is 34.6 Å². The first-order valence-electron chi connectivity index (χ1n) is 13.8. The molecule has 4 fully saturated rings. The Bertz CT molecular complexity index is 713. The maximum absolute atomic E-state index is 13.5. The van der Waals surface area contributed by atoms with Gasteiger partial charge in [-0.3, -0.25) is 9.59 Å². The van der Waals surface area contributed by atoms with Crippen LogP contribution >= 0.6 is 0 Å². The molecule has 0 heterocycles. The van der Waals surface area contributed by atoms with Crippen LogP contribution in [0.2, 0.25) is 0 Å². The number of ketones is 1. The van der Waals surface area contributed by atoms with E-state index in [1.165, 1.54) is 51.9 Å². The Morgan fingerprint density at radius 1 is 1.00 bits per heavy atom. The second kappa shape index (κ2) is 9.06. The molecule has 3 heteroatoms. The monoisotopic (exact) mass is 444 g/mol. The fraction of sp³-hybridized carbons (Fsp3) is 0.931. The van der Waals surface area contributed by atoms with Crippen molar-refractivity contribution in [2.24, 2.45) is 52.3 Å². The fourth-order valence-corrected chi connectivity index (χ4v) is 9.37. The summed E-state index contributed by atoms with van der Waals surface area (Å²) in [5.74, 6) is 4.81. The maximum Gasteiger partial charge on any atom is 0.302 e. The summed E-state index contributed by atoms with van der Waals surface area (Å²) in [4.78, 5) is 25.0. The SMILES string of the molecule is CC(=O)O[C@H]1CC[C@@]2(C)[C@H](C1)C(=O)C[C@H]1[C@H]2CC[C@@]2(C)[C@@H]1CC[C@H]2[C@@H](C)CCCC(C)C. The molecule has 4 saturated carbocycles. The molecular formula is C29H48O3. The summed E-state index contributed by atoms with van der Waals surface area (Å²) in [7, 11) is 0. The van der Waals surface area contributed by atoms with Gasteiger partial charge in [0.2, 0.25) is 0 Å². The van der Waals surface area contributed by atoms with E-state index in [-0.39, 0.29) is 23.4 Å². The van der Waals surface area contributed by atoms with Crippen molar-refractivity contribution in [2.45, 2.75) is 118 Å². The Balaban J connectivity index is 1.48. The van der Waals surface area contributed by atoms with E-state index >= 15 is 0 Å². The van der Waals surface area contributed by atoms with E-state index in [4.69, 9.17) is 4.74 Å². The van der Waals surface area contributed by atoms with Gasteiger partial charge in [-0.05, 0) is 91.3 Å². The van der Waals surface area contributed by atoms with E-state index in [1.54, 1.807) is 0 Å². The Morgan fingerprint density at radius 2 is 1.69 bits per heavy atom. The second-order valence-electron chi connectivity index (χ2n) is 13.1. The van der Waals surface area contributed by atoms with Crippen LogP contribution in [0.25, 0.3) is 0 Å². The molecule has 0 unspecified atom stereocenters. The lowest BCUT2D eigenvalue weighted by molar-refractivity contribution is -0.169. The second-order valence-corrected chi connectivity index (χ2v) is 13.1. The van der Waals surface area contributed by atoms with Gasteiger partial charge in [-0.15, -0.1) is 0 Å². The highest BCUT2D eigenvalue weighted by Gasteiger charge is 2.62. The van der Waals surface area contributed by atoms with Crippen molar-refractivity contribution in [1.29, 1.82) is 0 Å². The molecule has 9 atom stereocenters. The van der Waals surface area contributed by atoms with E-state index < -0.39 is 0 Å². The number of rotatable bonds is 6. The van der Waals surface area contributed by atoms with Gasteiger partial charge in [0.25, 0.3) is 0 Å². The molecule has 0 radical (unpaired) electrons. The van der Waals surface area contributed by atoms with Gasteiger partial charge in [0, 0.05) is 19.3 Å². The highest BCUT2D eigenvalue weighted by molar-refractivity contribution is 5.83. The zero-order valence-corrected chi connectivity index (χ0v) is 21.6. The molecular weight excluding hydrogens is 396 g/mol. The number of hydrogen-bond donors (Lipinski definition) is 0. The number of carbonyl (C=O) groups is 2. The van der Waals surface area contributed by atoms with Crippen LogP contribution in [0.15, 0.2) is 0 Å². The Kier molecular flexibility index (Phi) is 6.87. The number of carbonyl (C=O) groups excluding carboxylic acids is 2. The largest absolute Gasteiger partial charge is 0.463 e. The number of Topliss-reactive ketones (excluding diaryl/α,β-unsaturated/α-hetero) is 1. The Hall–Kier alpha value is -0.860. The predicted octanol–water partition coefficient (Wildman–Crippen LogP) is 7.22. The topological polar surface area (TPSA) is 43.4 Å². The van der Waals surface area contributed by atoms with Gasteiger partial charge in [-0.2, -0.15) is 0 Å². The summed E-state index contributed by atoms with van der Waals surface area (Å²) in [6.07, 6.45) is 12.9. The molecule has 4 aliphatic carbocycles. The first-order chi connectivity index (χ1) is 15.1. The summed E-state index contributed by atoms with van der Waals surface area (Å²) in [5, 5.41) is 0. The molecule has 0 aliphatic heterocycles. The van der Waals surface area contributed by atoms with Crippen LogP contribution in [-0.4, -0.2) is 17.9 Å². The Morgan fingerprint density at radius 3 is 2.38 bits per heavy atom. The van der Waals surface area contributed by atoms with Crippen LogP contribution in [0.5, 0.6) is 0 Å².